The standard InChI is InChI=1S/C64H49N5/c1-63(2)40-64(3,4)55-37-46(33-36-54(55)63)49-22-12-11-21-48(49)43-31-34-47(35-32-43)68-56-25-15-13-23-50(56)52-38-53-51-24-14-16-26-57(51)69(59(53)39-58(52)68)62-66-60(44-19-9-6-10-20-44)65-61(67-62)45-29-27-42(28-30-45)41-17-7-5-8-18-41/h5-39H,40H2,1-4H3. The Morgan fingerprint density at radius 2 is 0.797 bits per heavy atom. The molecule has 3 aromatic heterocycles. The summed E-state index contributed by atoms with van der Waals surface area (Å²) >= 11 is 0. The summed E-state index contributed by atoms with van der Waals surface area (Å²) in [4.78, 5) is 15.7. The number of rotatable bonds is 7. The van der Waals surface area contributed by atoms with Crippen LogP contribution in [0.3, 0.4) is 0 Å². The molecule has 0 spiro atoms. The SMILES string of the molecule is CC1(C)CC(C)(C)c2cc(-c3ccccc3-c3ccc(-n4c5ccccc5c5cc6c7ccccc7n(-c7nc(-c8ccccc8)nc(-c8ccc(-c9ccccc9)cc8)n7)c6cc54)cc3)ccc21. The van der Waals surface area contributed by atoms with Crippen LogP contribution in [0, 0.1) is 0 Å². The highest BCUT2D eigenvalue weighted by molar-refractivity contribution is 6.19. The quantitative estimate of drug-likeness (QED) is 0.160. The first-order valence-electron chi connectivity index (χ1n) is 24.0. The van der Waals surface area contributed by atoms with Crippen molar-refractivity contribution in [3.05, 3.63) is 223 Å². The monoisotopic (exact) mass is 887 g/mol. The highest BCUT2D eigenvalue weighted by Crippen LogP contribution is 2.51. The Kier molecular flexibility index (Phi) is 9.22. The maximum Gasteiger partial charge on any atom is 0.238 e. The fraction of sp³-hybridized carbons (Fsp3) is 0.109. The van der Waals surface area contributed by atoms with E-state index >= 15 is 0 Å². The van der Waals surface area contributed by atoms with Gasteiger partial charge in [-0.1, -0.05) is 204 Å². The lowest BCUT2D eigenvalue weighted by molar-refractivity contribution is 0.403. The van der Waals surface area contributed by atoms with Gasteiger partial charge in [-0.3, -0.25) is 4.57 Å². The van der Waals surface area contributed by atoms with Crippen molar-refractivity contribution in [1.82, 2.24) is 24.1 Å². The topological polar surface area (TPSA) is 48.5 Å². The fourth-order valence-electron chi connectivity index (χ4n) is 11.6. The third-order valence-corrected chi connectivity index (χ3v) is 14.6. The third kappa shape index (κ3) is 6.71. The van der Waals surface area contributed by atoms with Crippen LogP contribution in [-0.2, 0) is 10.8 Å². The van der Waals surface area contributed by atoms with Gasteiger partial charge < -0.3 is 4.57 Å². The number of nitrogens with zero attached hydrogens (tertiary/aromatic N) is 5. The minimum Gasteiger partial charge on any atom is -0.309 e. The molecule has 330 valence electrons. The van der Waals surface area contributed by atoms with Crippen molar-refractivity contribution in [2.24, 2.45) is 0 Å². The van der Waals surface area contributed by atoms with Gasteiger partial charge in [-0.15, -0.1) is 0 Å². The summed E-state index contributed by atoms with van der Waals surface area (Å²) in [6.07, 6.45) is 1.15. The van der Waals surface area contributed by atoms with E-state index < -0.39 is 0 Å². The summed E-state index contributed by atoms with van der Waals surface area (Å²) in [5.74, 6) is 1.80. The molecule has 0 fully saturated rings. The number of hydrogen-bond donors (Lipinski definition) is 0. The lowest BCUT2D eigenvalue weighted by Gasteiger charge is -2.22. The summed E-state index contributed by atoms with van der Waals surface area (Å²) in [5.41, 5.74) is 17.7. The Morgan fingerprint density at radius 1 is 0.333 bits per heavy atom. The molecule has 0 N–H and O–H groups in total. The molecule has 0 saturated carbocycles. The van der Waals surface area contributed by atoms with Crippen LogP contribution >= 0.6 is 0 Å². The molecule has 0 saturated heterocycles. The van der Waals surface area contributed by atoms with Crippen LogP contribution in [0.5, 0.6) is 0 Å². The second-order valence-corrected chi connectivity index (χ2v) is 20.0. The molecule has 0 bridgehead atoms. The third-order valence-electron chi connectivity index (χ3n) is 14.6. The van der Waals surface area contributed by atoms with Crippen LogP contribution in [0.15, 0.2) is 212 Å². The van der Waals surface area contributed by atoms with E-state index in [4.69, 9.17) is 15.0 Å². The van der Waals surface area contributed by atoms with Crippen molar-refractivity contribution in [2.75, 3.05) is 0 Å². The summed E-state index contributed by atoms with van der Waals surface area (Å²) in [5, 5.41) is 4.68. The van der Waals surface area contributed by atoms with E-state index in [-0.39, 0.29) is 10.8 Å². The van der Waals surface area contributed by atoms with Gasteiger partial charge >= 0.3 is 0 Å². The first-order valence-corrected chi connectivity index (χ1v) is 24.0. The number of para-hydroxylation sites is 2. The Bertz CT molecular complexity index is 3950. The molecule has 69 heavy (non-hydrogen) atoms. The van der Waals surface area contributed by atoms with Crippen LogP contribution in [-0.4, -0.2) is 24.1 Å². The van der Waals surface area contributed by atoms with E-state index in [0.29, 0.717) is 17.6 Å². The number of benzene rings is 9. The van der Waals surface area contributed by atoms with Crippen molar-refractivity contribution in [3.8, 4) is 67.8 Å². The Labute approximate surface area is 402 Å². The maximum atomic E-state index is 5.31. The molecule has 5 heteroatoms. The summed E-state index contributed by atoms with van der Waals surface area (Å²) in [7, 11) is 0. The summed E-state index contributed by atoms with van der Waals surface area (Å²) < 4.78 is 4.64. The van der Waals surface area contributed by atoms with E-state index in [1.54, 1.807) is 0 Å². The fourth-order valence-corrected chi connectivity index (χ4v) is 11.6. The van der Waals surface area contributed by atoms with Gasteiger partial charge in [0.05, 0.1) is 22.1 Å². The van der Waals surface area contributed by atoms with Gasteiger partial charge in [0.2, 0.25) is 5.95 Å². The van der Waals surface area contributed by atoms with E-state index in [0.717, 1.165) is 61.6 Å². The first-order chi connectivity index (χ1) is 33.7. The molecule has 0 atom stereocenters. The van der Waals surface area contributed by atoms with Crippen molar-refractivity contribution < 1.29 is 0 Å². The average Bonchev–Trinajstić information content (AvgIpc) is 3.96. The second-order valence-electron chi connectivity index (χ2n) is 20.0. The van der Waals surface area contributed by atoms with E-state index in [2.05, 4.69) is 225 Å². The molecule has 3 heterocycles. The lowest BCUT2D eigenvalue weighted by atomic mass is 9.82. The van der Waals surface area contributed by atoms with Crippen molar-refractivity contribution in [1.29, 1.82) is 0 Å². The minimum absolute atomic E-state index is 0.128. The molecule has 0 radical (unpaired) electrons. The van der Waals surface area contributed by atoms with E-state index in [1.807, 2.05) is 24.3 Å². The van der Waals surface area contributed by atoms with Gasteiger partial charge in [-0.05, 0) is 98.2 Å². The van der Waals surface area contributed by atoms with Crippen molar-refractivity contribution in [3.63, 3.8) is 0 Å². The zero-order chi connectivity index (χ0) is 46.4. The predicted octanol–water partition coefficient (Wildman–Crippen LogP) is 16.4. The highest BCUT2D eigenvalue weighted by Gasteiger charge is 2.41. The van der Waals surface area contributed by atoms with Crippen LogP contribution < -0.4 is 0 Å². The molecule has 0 aliphatic heterocycles. The smallest absolute Gasteiger partial charge is 0.238 e. The molecule has 1 aliphatic carbocycles. The highest BCUT2D eigenvalue weighted by atomic mass is 15.2. The Morgan fingerprint density at radius 3 is 1.45 bits per heavy atom. The average molecular weight is 888 g/mol. The second kappa shape index (κ2) is 15.6. The summed E-state index contributed by atoms with van der Waals surface area (Å²) in [6, 6.07) is 76.4. The van der Waals surface area contributed by atoms with Crippen molar-refractivity contribution >= 4 is 43.6 Å². The maximum absolute atomic E-state index is 5.31. The summed E-state index contributed by atoms with van der Waals surface area (Å²) in [6.45, 7) is 9.56. The predicted molar refractivity (Wildman–Crippen MR) is 286 cm³/mol. The zero-order valence-electron chi connectivity index (χ0n) is 39.2. The van der Waals surface area contributed by atoms with Crippen LogP contribution in [0.1, 0.15) is 45.2 Å². The van der Waals surface area contributed by atoms with Gasteiger partial charge in [0.25, 0.3) is 0 Å². The van der Waals surface area contributed by atoms with Gasteiger partial charge in [0.1, 0.15) is 0 Å². The molecular weight excluding hydrogens is 839 g/mol. The molecule has 9 aromatic carbocycles. The first kappa shape index (κ1) is 40.8. The molecular formula is C64H49N5. The molecule has 13 rings (SSSR count). The van der Waals surface area contributed by atoms with Crippen LogP contribution in [0.4, 0.5) is 0 Å². The van der Waals surface area contributed by atoms with Gasteiger partial charge in [0, 0.05) is 38.4 Å². The number of aromatic nitrogens is 5. The van der Waals surface area contributed by atoms with Gasteiger partial charge in [-0.25, -0.2) is 4.98 Å². The van der Waals surface area contributed by atoms with Gasteiger partial charge in [-0.2, -0.15) is 9.97 Å². The largest absolute Gasteiger partial charge is 0.309 e. The molecule has 0 unspecified atom stereocenters. The Hall–Kier alpha value is -8.41. The van der Waals surface area contributed by atoms with E-state index in [9.17, 15) is 0 Å². The molecule has 5 nitrogen and oxygen atoms in total. The van der Waals surface area contributed by atoms with E-state index in [1.165, 1.54) is 49.7 Å². The van der Waals surface area contributed by atoms with Crippen LogP contribution in [0.25, 0.3) is 111 Å². The number of fused-ring (bicyclic) bond motifs is 7. The zero-order valence-corrected chi connectivity index (χ0v) is 39.2. The minimum atomic E-state index is 0.128. The van der Waals surface area contributed by atoms with Crippen LogP contribution in [0.2, 0.25) is 0 Å². The van der Waals surface area contributed by atoms with Gasteiger partial charge in [0.15, 0.2) is 11.6 Å². The molecule has 1 aliphatic rings. The molecule has 0 amide bonds. The normalized spacial score (nSPS) is 14.0. The number of hydrogen-bond acceptors (Lipinski definition) is 3. The molecule has 12 aromatic rings. The van der Waals surface area contributed by atoms with Crippen molar-refractivity contribution in [2.45, 2.75) is 44.9 Å². The lowest BCUT2D eigenvalue weighted by Crippen LogP contribution is -2.17. The Balaban J connectivity index is 0.970.